The van der Waals surface area contributed by atoms with Gasteiger partial charge in [0.15, 0.2) is 0 Å². The van der Waals surface area contributed by atoms with Crippen LogP contribution < -0.4 is 5.73 Å². The van der Waals surface area contributed by atoms with E-state index in [4.69, 9.17) is 10.5 Å². The largest absolute Gasteiger partial charge is 0.375 e. The van der Waals surface area contributed by atoms with Gasteiger partial charge in [0, 0.05) is 0 Å². The minimum atomic E-state index is 0.529. The molecule has 2 rings (SSSR count). The molecular weight excluding hydrogens is 186 g/mol. The van der Waals surface area contributed by atoms with Gasteiger partial charge in [-0.2, -0.15) is 0 Å². The molecule has 0 heterocycles. The molecule has 2 nitrogen and oxygen atoms in total. The number of ether oxygens (including phenoxy) is 1. The number of hydrogen-bond acceptors (Lipinski definition) is 2. The van der Waals surface area contributed by atoms with E-state index in [1.807, 2.05) is 0 Å². The van der Waals surface area contributed by atoms with Crippen molar-refractivity contribution in [2.45, 2.75) is 58.2 Å². The molecule has 2 saturated carbocycles. The molecule has 0 spiro atoms. The van der Waals surface area contributed by atoms with Crippen LogP contribution in [0.4, 0.5) is 0 Å². The number of hydrogen-bond donors (Lipinski definition) is 1. The molecule has 2 fully saturated rings. The van der Waals surface area contributed by atoms with Gasteiger partial charge in [0.2, 0.25) is 0 Å². The van der Waals surface area contributed by atoms with Crippen LogP contribution in [-0.4, -0.2) is 18.8 Å². The third-order valence-corrected chi connectivity index (χ3v) is 4.05. The van der Waals surface area contributed by atoms with Gasteiger partial charge < -0.3 is 10.5 Å². The predicted octanol–water partition coefficient (Wildman–Crippen LogP) is 2.57. The van der Waals surface area contributed by atoms with Crippen molar-refractivity contribution in [3.8, 4) is 0 Å². The Morgan fingerprint density at radius 2 is 1.47 bits per heavy atom. The zero-order valence-corrected chi connectivity index (χ0v) is 10.1. The number of rotatable bonds is 3. The van der Waals surface area contributed by atoms with Gasteiger partial charge in [-0.1, -0.05) is 13.8 Å². The highest BCUT2D eigenvalue weighted by molar-refractivity contribution is 4.83. The summed E-state index contributed by atoms with van der Waals surface area (Å²) in [6.45, 7) is 5.56. The zero-order chi connectivity index (χ0) is 10.8. The first kappa shape index (κ1) is 11.4. The van der Waals surface area contributed by atoms with E-state index in [-0.39, 0.29) is 0 Å². The van der Waals surface area contributed by atoms with Gasteiger partial charge in [0.1, 0.15) is 0 Å². The average molecular weight is 211 g/mol. The Balaban J connectivity index is 1.71. The molecule has 88 valence electrons. The van der Waals surface area contributed by atoms with Crippen LogP contribution in [0.1, 0.15) is 46.0 Å². The molecule has 0 saturated heterocycles. The fourth-order valence-electron chi connectivity index (χ4n) is 3.23. The molecule has 2 unspecified atom stereocenters. The lowest BCUT2D eigenvalue weighted by atomic mass is 9.79. The van der Waals surface area contributed by atoms with Crippen LogP contribution in [0.25, 0.3) is 0 Å². The van der Waals surface area contributed by atoms with Crippen molar-refractivity contribution in [1.82, 2.24) is 0 Å². The first-order valence-corrected chi connectivity index (χ1v) is 6.53. The lowest BCUT2D eigenvalue weighted by Crippen LogP contribution is -2.40. The van der Waals surface area contributed by atoms with Crippen LogP contribution in [0.2, 0.25) is 0 Å². The quantitative estimate of drug-likeness (QED) is 0.778. The van der Waals surface area contributed by atoms with Crippen LogP contribution in [0.15, 0.2) is 0 Å². The minimum absolute atomic E-state index is 0.529. The SMILES string of the molecule is CC1CC(C)CC(OC2CC(CN)C2)C1. The second-order valence-corrected chi connectivity index (χ2v) is 5.87. The smallest absolute Gasteiger partial charge is 0.0585 e. The van der Waals surface area contributed by atoms with E-state index >= 15 is 0 Å². The Bertz CT molecular complexity index is 191. The third kappa shape index (κ3) is 2.94. The molecule has 15 heavy (non-hydrogen) atoms. The van der Waals surface area contributed by atoms with Crippen molar-refractivity contribution < 1.29 is 4.74 Å². The van der Waals surface area contributed by atoms with Gasteiger partial charge in [-0.25, -0.2) is 0 Å². The fraction of sp³-hybridized carbons (Fsp3) is 1.00. The van der Waals surface area contributed by atoms with E-state index < -0.39 is 0 Å². The maximum atomic E-state index is 6.14. The topological polar surface area (TPSA) is 35.2 Å². The Labute approximate surface area is 93.6 Å². The summed E-state index contributed by atoms with van der Waals surface area (Å²) in [7, 11) is 0. The Morgan fingerprint density at radius 1 is 0.933 bits per heavy atom. The van der Waals surface area contributed by atoms with Crippen LogP contribution in [0.3, 0.4) is 0 Å². The molecule has 0 aromatic heterocycles. The second kappa shape index (κ2) is 4.84. The fourth-order valence-corrected chi connectivity index (χ4v) is 3.23. The summed E-state index contributed by atoms with van der Waals surface area (Å²) in [5, 5.41) is 0. The highest BCUT2D eigenvalue weighted by Crippen LogP contribution is 2.35. The van der Waals surface area contributed by atoms with Crippen LogP contribution in [0, 0.1) is 17.8 Å². The molecule has 0 aliphatic heterocycles. The molecule has 0 aromatic rings. The van der Waals surface area contributed by atoms with Gasteiger partial charge in [0.05, 0.1) is 12.2 Å². The summed E-state index contributed by atoms with van der Waals surface area (Å²) in [6.07, 6.45) is 7.40. The lowest BCUT2D eigenvalue weighted by Gasteiger charge is -2.40. The van der Waals surface area contributed by atoms with Crippen molar-refractivity contribution in [1.29, 1.82) is 0 Å². The normalized spacial score (nSPS) is 46.2. The summed E-state index contributed by atoms with van der Waals surface area (Å²) in [4.78, 5) is 0. The summed E-state index contributed by atoms with van der Waals surface area (Å²) in [5.74, 6) is 2.45. The standard InChI is InChI=1S/C13H25NO/c1-9-3-10(2)5-12(4-9)15-13-6-11(7-13)8-14/h9-13H,3-8,14H2,1-2H3. The van der Waals surface area contributed by atoms with E-state index in [0.717, 1.165) is 24.3 Å². The summed E-state index contributed by atoms with van der Waals surface area (Å²) in [6, 6.07) is 0. The molecule has 2 heteroatoms. The molecule has 0 aromatic carbocycles. The van der Waals surface area contributed by atoms with Gasteiger partial charge >= 0.3 is 0 Å². The molecule has 0 bridgehead atoms. The maximum absolute atomic E-state index is 6.14. The van der Waals surface area contributed by atoms with Crippen molar-refractivity contribution in [3.63, 3.8) is 0 Å². The molecular formula is C13H25NO. The lowest BCUT2D eigenvalue weighted by molar-refractivity contribution is -0.0970. The van der Waals surface area contributed by atoms with Gasteiger partial charge in [0.25, 0.3) is 0 Å². The molecule has 0 amide bonds. The first-order chi connectivity index (χ1) is 7.17. The van der Waals surface area contributed by atoms with E-state index in [1.165, 1.54) is 32.1 Å². The van der Waals surface area contributed by atoms with Crippen LogP contribution in [-0.2, 0) is 4.74 Å². The Morgan fingerprint density at radius 3 is 2.00 bits per heavy atom. The van der Waals surface area contributed by atoms with Gasteiger partial charge in [-0.05, 0) is 56.4 Å². The van der Waals surface area contributed by atoms with Crippen molar-refractivity contribution >= 4 is 0 Å². The molecule has 0 radical (unpaired) electrons. The van der Waals surface area contributed by atoms with Gasteiger partial charge in [-0.3, -0.25) is 0 Å². The molecule has 2 aliphatic rings. The molecule has 2 N–H and O–H groups in total. The van der Waals surface area contributed by atoms with Gasteiger partial charge in [-0.15, -0.1) is 0 Å². The first-order valence-electron chi connectivity index (χ1n) is 6.53. The second-order valence-electron chi connectivity index (χ2n) is 5.87. The Hall–Kier alpha value is -0.0800. The monoisotopic (exact) mass is 211 g/mol. The third-order valence-electron chi connectivity index (χ3n) is 4.05. The van der Waals surface area contributed by atoms with E-state index in [0.29, 0.717) is 12.2 Å². The highest BCUT2D eigenvalue weighted by Gasteiger charge is 2.33. The van der Waals surface area contributed by atoms with E-state index in [9.17, 15) is 0 Å². The molecule has 2 atom stereocenters. The summed E-state index contributed by atoms with van der Waals surface area (Å²) in [5.41, 5.74) is 5.62. The van der Waals surface area contributed by atoms with Crippen molar-refractivity contribution in [2.24, 2.45) is 23.5 Å². The average Bonchev–Trinajstić information content (AvgIpc) is 2.08. The van der Waals surface area contributed by atoms with Crippen molar-refractivity contribution in [2.75, 3.05) is 6.54 Å². The van der Waals surface area contributed by atoms with Crippen molar-refractivity contribution in [3.05, 3.63) is 0 Å². The highest BCUT2D eigenvalue weighted by atomic mass is 16.5. The Kier molecular flexibility index (Phi) is 3.68. The van der Waals surface area contributed by atoms with Crippen LogP contribution >= 0.6 is 0 Å². The van der Waals surface area contributed by atoms with Crippen LogP contribution in [0.5, 0.6) is 0 Å². The summed E-state index contributed by atoms with van der Waals surface area (Å²) < 4.78 is 6.14. The molecule has 2 aliphatic carbocycles. The minimum Gasteiger partial charge on any atom is -0.375 e. The maximum Gasteiger partial charge on any atom is 0.0585 e. The van der Waals surface area contributed by atoms with E-state index in [2.05, 4.69) is 13.8 Å². The number of nitrogens with two attached hydrogens (primary N) is 1. The summed E-state index contributed by atoms with van der Waals surface area (Å²) >= 11 is 0. The zero-order valence-electron chi connectivity index (χ0n) is 10.1. The van der Waals surface area contributed by atoms with E-state index in [1.54, 1.807) is 0 Å². The predicted molar refractivity (Wildman–Crippen MR) is 62.6 cm³/mol.